The van der Waals surface area contributed by atoms with Gasteiger partial charge in [-0.3, -0.25) is 14.8 Å². The lowest BCUT2D eigenvalue weighted by molar-refractivity contribution is -0.144. The van der Waals surface area contributed by atoms with Gasteiger partial charge in [-0.1, -0.05) is 30.3 Å². The molecule has 0 N–H and O–H groups in total. The zero-order valence-corrected chi connectivity index (χ0v) is 12.0. The van der Waals surface area contributed by atoms with Crippen LogP contribution in [0.2, 0.25) is 0 Å². The summed E-state index contributed by atoms with van der Waals surface area (Å²) in [6.07, 6.45) is 0.276. The van der Waals surface area contributed by atoms with Gasteiger partial charge in [0.2, 0.25) is 0 Å². The number of hydrogen-bond donors (Lipinski definition) is 0. The molecule has 0 unspecified atom stereocenters. The number of hydrogen-bond acceptors (Lipinski definition) is 4. The molecule has 0 atom stereocenters. The van der Waals surface area contributed by atoms with E-state index in [0.29, 0.717) is 0 Å². The van der Waals surface area contributed by atoms with E-state index in [1.165, 1.54) is 0 Å². The van der Waals surface area contributed by atoms with Crippen LogP contribution >= 0.6 is 0 Å². The molecular weight excluding hydrogens is 252 g/mol. The van der Waals surface area contributed by atoms with E-state index in [0.717, 1.165) is 28.3 Å². The van der Waals surface area contributed by atoms with Crippen molar-refractivity contribution < 1.29 is 9.53 Å². The van der Waals surface area contributed by atoms with E-state index >= 15 is 0 Å². The monoisotopic (exact) mass is 270 g/mol. The first-order valence-electron chi connectivity index (χ1n) is 6.56. The molecule has 0 saturated carbocycles. The van der Waals surface area contributed by atoms with Gasteiger partial charge in [-0.25, -0.2) is 0 Å². The molecule has 0 radical (unpaired) electrons. The Labute approximate surface area is 118 Å². The summed E-state index contributed by atoms with van der Waals surface area (Å²) in [5.41, 5.74) is 4.24. The summed E-state index contributed by atoms with van der Waals surface area (Å²) >= 11 is 0. The number of rotatable bonds is 4. The Balaban J connectivity index is 1.95. The van der Waals surface area contributed by atoms with Gasteiger partial charge >= 0.3 is 5.97 Å². The summed E-state index contributed by atoms with van der Waals surface area (Å²) in [5.74, 6) is -0.254. The van der Waals surface area contributed by atoms with Gasteiger partial charge < -0.3 is 4.74 Å². The summed E-state index contributed by atoms with van der Waals surface area (Å²) in [5, 5.41) is 0. The van der Waals surface area contributed by atoms with E-state index in [2.05, 4.69) is 9.97 Å². The molecule has 0 spiro atoms. The lowest BCUT2D eigenvalue weighted by atomic mass is 10.2. The Morgan fingerprint density at radius 2 is 1.65 bits per heavy atom. The third-order valence-electron chi connectivity index (χ3n) is 3.14. The normalized spacial score (nSPS) is 10.3. The number of ether oxygens (including phenoxy) is 1. The zero-order valence-electron chi connectivity index (χ0n) is 12.0. The number of aromatic nitrogens is 2. The number of esters is 1. The van der Waals surface area contributed by atoms with Gasteiger partial charge in [0.15, 0.2) is 0 Å². The predicted molar refractivity (Wildman–Crippen MR) is 76.2 cm³/mol. The maximum atomic E-state index is 11.8. The Kier molecular flexibility index (Phi) is 4.45. The minimum atomic E-state index is -0.254. The molecule has 4 heteroatoms. The highest BCUT2D eigenvalue weighted by molar-refractivity contribution is 5.72. The highest BCUT2D eigenvalue weighted by Crippen LogP contribution is 2.09. The molecule has 0 bridgehead atoms. The second kappa shape index (κ2) is 6.28. The smallest absolute Gasteiger partial charge is 0.310 e. The molecule has 0 fully saturated rings. The van der Waals surface area contributed by atoms with Crippen LogP contribution in [0.4, 0.5) is 0 Å². The summed E-state index contributed by atoms with van der Waals surface area (Å²) < 4.78 is 5.27. The van der Waals surface area contributed by atoms with Crippen LogP contribution in [0.5, 0.6) is 0 Å². The second-order valence-corrected chi connectivity index (χ2v) is 4.75. The second-order valence-electron chi connectivity index (χ2n) is 4.75. The van der Waals surface area contributed by atoms with Gasteiger partial charge in [-0.05, 0) is 26.3 Å². The first kappa shape index (κ1) is 14.2. The molecule has 0 aliphatic rings. The van der Waals surface area contributed by atoms with E-state index in [1.54, 1.807) is 0 Å². The minimum absolute atomic E-state index is 0.172. The Hall–Kier alpha value is -2.23. The quantitative estimate of drug-likeness (QED) is 0.801. The Morgan fingerprint density at radius 3 is 2.35 bits per heavy atom. The summed E-state index contributed by atoms with van der Waals surface area (Å²) in [6, 6.07) is 9.54. The molecule has 0 amide bonds. The molecule has 104 valence electrons. The standard InChI is InChI=1S/C16H18N2O2/c1-11-12(2)18-15(13(3)17-11)10-20-16(19)9-14-7-5-4-6-8-14/h4-8H,9-10H2,1-3H3. The first-order valence-corrected chi connectivity index (χ1v) is 6.56. The lowest BCUT2D eigenvalue weighted by Gasteiger charge is -2.09. The van der Waals surface area contributed by atoms with Crippen molar-refractivity contribution in [2.45, 2.75) is 33.8 Å². The van der Waals surface area contributed by atoms with E-state index in [4.69, 9.17) is 4.74 Å². The average Bonchev–Trinajstić information content (AvgIpc) is 2.42. The fourth-order valence-corrected chi connectivity index (χ4v) is 1.86. The van der Waals surface area contributed by atoms with Crippen LogP contribution in [0.3, 0.4) is 0 Å². The molecule has 1 heterocycles. The van der Waals surface area contributed by atoms with Crippen molar-refractivity contribution in [1.29, 1.82) is 0 Å². The van der Waals surface area contributed by atoms with Crippen LogP contribution in [-0.4, -0.2) is 15.9 Å². The van der Waals surface area contributed by atoms with Crippen molar-refractivity contribution in [2.24, 2.45) is 0 Å². The molecule has 20 heavy (non-hydrogen) atoms. The summed E-state index contributed by atoms with van der Waals surface area (Å²) in [4.78, 5) is 20.6. The van der Waals surface area contributed by atoms with Gasteiger partial charge in [0.25, 0.3) is 0 Å². The van der Waals surface area contributed by atoms with Crippen molar-refractivity contribution in [3.8, 4) is 0 Å². The molecule has 0 aliphatic carbocycles. The molecule has 2 rings (SSSR count). The van der Waals surface area contributed by atoms with Crippen LogP contribution < -0.4 is 0 Å². The Bertz CT molecular complexity index is 609. The number of aryl methyl sites for hydroxylation is 3. The number of carbonyl (C=O) groups excluding carboxylic acids is 1. The van der Waals surface area contributed by atoms with Crippen LogP contribution in [0.25, 0.3) is 0 Å². The third-order valence-corrected chi connectivity index (χ3v) is 3.14. The fourth-order valence-electron chi connectivity index (χ4n) is 1.86. The molecule has 0 aliphatic heterocycles. The highest BCUT2D eigenvalue weighted by Gasteiger charge is 2.09. The number of benzene rings is 1. The number of nitrogens with zero attached hydrogens (tertiary/aromatic N) is 2. The zero-order chi connectivity index (χ0) is 14.5. The predicted octanol–water partition coefficient (Wildman–Crippen LogP) is 2.69. The first-order chi connectivity index (χ1) is 9.56. The SMILES string of the molecule is Cc1nc(C)c(COC(=O)Cc2ccccc2)nc1C. The molecule has 4 nitrogen and oxygen atoms in total. The molecule has 0 saturated heterocycles. The van der Waals surface area contributed by atoms with Crippen molar-refractivity contribution in [3.63, 3.8) is 0 Å². The molecule has 1 aromatic carbocycles. The van der Waals surface area contributed by atoms with Crippen LogP contribution in [0.1, 0.15) is 28.3 Å². The highest BCUT2D eigenvalue weighted by atomic mass is 16.5. The maximum absolute atomic E-state index is 11.8. The molecular formula is C16H18N2O2. The van der Waals surface area contributed by atoms with E-state index in [1.807, 2.05) is 51.1 Å². The van der Waals surface area contributed by atoms with Crippen molar-refractivity contribution in [3.05, 3.63) is 58.7 Å². The topological polar surface area (TPSA) is 52.1 Å². The van der Waals surface area contributed by atoms with Gasteiger partial charge in [-0.15, -0.1) is 0 Å². The van der Waals surface area contributed by atoms with E-state index in [-0.39, 0.29) is 19.0 Å². The number of carbonyl (C=O) groups is 1. The Morgan fingerprint density at radius 1 is 1.00 bits per heavy atom. The minimum Gasteiger partial charge on any atom is -0.459 e. The van der Waals surface area contributed by atoms with Crippen LogP contribution in [0, 0.1) is 20.8 Å². The van der Waals surface area contributed by atoms with Gasteiger partial charge in [0.05, 0.1) is 29.2 Å². The van der Waals surface area contributed by atoms with E-state index in [9.17, 15) is 4.79 Å². The fraction of sp³-hybridized carbons (Fsp3) is 0.312. The molecule has 2 aromatic rings. The van der Waals surface area contributed by atoms with E-state index < -0.39 is 0 Å². The van der Waals surface area contributed by atoms with Gasteiger partial charge in [0, 0.05) is 0 Å². The van der Waals surface area contributed by atoms with Crippen LogP contribution in [-0.2, 0) is 22.6 Å². The molecule has 1 aromatic heterocycles. The van der Waals surface area contributed by atoms with Crippen molar-refractivity contribution in [1.82, 2.24) is 9.97 Å². The summed E-state index contributed by atoms with van der Waals surface area (Å²) in [7, 11) is 0. The largest absolute Gasteiger partial charge is 0.459 e. The maximum Gasteiger partial charge on any atom is 0.310 e. The van der Waals surface area contributed by atoms with Crippen LogP contribution in [0.15, 0.2) is 30.3 Å². The average molecular weight is 270 g/mol. The van der Waals surface area contributed by atoms with Gasteiger partial charge in [-0.2, -0.15) is 0 Å². The van der Waals surface area contributed by atoms with Gasteiger partial charge in [0.1, 0.15) is 6.61 Å². The van der Waals surface area contributed by atoms with Crippen molar-refractivity contribution >= 4 is 5.97 Å². The lowest BCUT2D eigenvalue weighted by Crippen LogP contribution is -2.11. The van der Waals surface area contributed by atoms with Crippen molar-refractivity contribution in [2.75, 3.05) is 0 Å². The third kappa shape index (κ3) is 3.63. The summed E-state index contributed by atoms with van der Waals surface area (Å²) in [6.45, 7) is 5.86.